The van der Waals surface area contributed by atoms with Gasteiger partial charge in [0.1, 0.15) is 0 Å². The number of nitro groups is 1. The van der Waals surface area contributed by atoms with Crippen molar-refractivity contribution in [3.8, 4) is 0 Å². The lowest BCUT2D eigenvalue weighted by Crippen LogP contribution is -2.12. The summed E-state index contributed by atoms with van der Waals surface area (Å²) in [7, 11) is 0. The zero-order chi connectivity index (χ0) is 18.1. The molecule has 1 aliphatic carbocycles. The fourth-order valence-corrected chi connectivity index (χ4v) is 4.25. The Hall–Kier alpha value is -2.81. The molecule has 9 heteroatoms. The van der Waals surface area contributed by atoms with Crippen molar-refractivity contribution in [2.24, 2.45) is 0 Å². The van der Waals surface area contributed by atoms with E-state index in [1.807, 2.05) is 0 Å². The number of rotatable bonds is 3. The van der Waals surface area contributed by atoms with Crippen LogP contribution < -0.4 is 5.32 Å². The summed E-state index contributed by atoms with van der Waals surface area (Å²) in [6, 6.07) is 4.28. The van der Waals surface area contributed by atoms with E-state index in [4.69, 9.17) is 0 Å². The summed E-state index contributed by atoms with van der Waals surface area (Å²) in [6.45, 7) is 0. The van der Waals surface area contributed by atoms with Crippen molar-refractivity contribution >= 4 is 39.0 Å². The van der Waals surface area contributed by atoms with E-state index in [9.17, 15) is 14.9 Å². The molecule has 3 aromatic rings. The number of thiazole rings is 1. The third kappa shape index (κ3) is 3.17. The van der Waals surface area contributed by atoms with E-state index in [0.29, 0.717) is 16.0 Å². The molecule has 0 fully saturated rings. The SMILES string of the molecule is O=C(Nc1nc2c(s1)CCCCCC2)c1n[nH]c2ccc([N+](=O)[O-])cc12. The highest BCUT2D eigenvalue weighted by Crippen LogP contribution is 2.29. The number of amides is 1. The molecule has 0 spiro atoms. The molecule has 134 valence electrons. The van der Waals surface area contributed by atoms with Crippen LogP contribution >= 0.6 is 11.3 Å². The van der Waals surface area contributed by atoms with Crippen LogP contribution in [0.1, 0.15) is 46.7 Å². The summed E-state index contributed by atoms with van der Waals surface area (Å²) in [5.74, 6) is -0.418. The van der Waals surface area contributed by atoms with Gasteiger partial charge in [-0.25, -0.2) is 4.98 Å². The van der Waals surface area contributed by atoms with Crippen LogP contribution in [0.5, 0.6) is 0 Å². The van der Waals surface area contributed by atoms with Crippen LogP contribution in [0.15, 0.2) is 18.2 Å². The van der Waals surface area contributed by atoms with E-state index >= 15 is 0 Å². The van der Waals surface area contributed by atoms with Crippen molar-refractivity contribution in [1.82, 2.24) is 15.2 Å². The molecule has 2 N–H and O–H groups in total. The highest BCUT2D eigenvalue weighted by molar-refractivity contribution is 7.15. The van der Waals surface area contributed by atoms with Gasteiger partial charge in [-0.1, -0.05) is 12.8 Å². The van der Waals surface area contributed by atoms with Gasteiger partial charge in [0.05, 0.1) is 16.1 Å². The number of non-ortho nitro benzene ring substituents is 1. The largest absolute Gasteiger partial charge is 0.296 e. The molecule has 0 atom stereocenters. The number of H-pyrrole nitrogens is 1. The van der Waals surface area contributed by atoms with Crippen LogP contribution in [-0.4, -0.2) is 26.0 Å². The standard InChI is InChI=1S/C17H17N5O3S/c23-16(15-11-9-10(22(24)25)7-8-12(11)20-21-15)19-17-18-13-5-3-1-2-4-6-14(13)26-17/h7-9H,1-6H2,(H,20,21)(H,18,19,23). The highest BCUT2D eigenvalue weighted by atomic mass is 32.1. The van der Waals surface area contributed by atoms with Crippen LogP contribution in [0.25, 0.3) is 10.9 Å². The number of carbonyl (C=O) groups is 1. The minimum Gasteiger partial charge on any atom is -0.296 e. The predicted octanol–water partition coefficient (Wildman–Crippen LogP) is 3.84. The van der Waals surface area contributed by atoms with Crippen molar-refractivity contribution in [2.45, 2.75) is 38.5 Å². The first-order valence-electron chi connectivity index (χ1n) is 8.54. The Morgan fingerprint density at radius 2 is 2.04 bits per heavy atom. The average molecular weight is 371 g/mol. The first-order chi connectivity index (χ1) is 12.6. The van der Waals surface area contributed by atoms with E-state index in [1.165, 1.54) is 41.2 Å². The van der Waals surface area contributed by atoms with Gasteiger partial charge in [0, 0.05) is 22.4 Å². The molecule has 0 bridgehead atoms. The third-order valence-electron chi connectivity index (χ3n) is 4.54. The summed E-state index contributed by atoms with van der Waals surface area (Å²) in [5, 5.41) is 21.5. The lowest BCUT2D eigenvalue weighted by atomic mass is 10.0. The van der Waals surface area contributed by atoms with Gasteiger partial charge in [0.2, 0.25) is 0 Å². The second kappa shape index (κ2) is 6.83. The molecule has 0 saturated heterocycles. The molecule has 1 amide bonds. The number of carbonyl (C=O) groups excluding carboxylic acids is 1. The molecule has 0 saturated carbocycles. The Balaban J connectivity index is 1.60. The van der Waals surface area contributed by atoms with Crippen molar-refractivity contribution in [1.29, 1.82) is 0 Å². The van der Waals surface area contributed by atoms with Gasteiger partial charge < -0.3 is 0 Å². The van der Waals surface area contributed by atoms with Crippen molar-refractivity contribution in [3.05, 3.63) is 44.6 Å². The molecule has 4 rings (SSSR count). The highest BCUT2D eigenvalue weighted by Gasteiger charge is 2.20. The molecule has 1 aromatic carbocycles. The van der Waals surface area contributed by atoms with Crippen LogP contribution in [-0.2, 0) is 12.8 Å². The first-order valence-corrected chi connectivity index (χ1v) is 9.36. The van der Waals surface area contributed by atoms with E-state index in [1.54, 1.807) is 6.07 Å². The summed E-state index contributed by atoms with van der Waals surface area (Å²) < 4.78 is 0. The Morgan fingerprint density at radius 1 is 1.23 bits per heavy atom. The molecule has 0 unspecified atom stereocenters. The van der Waals surface area contributed by atoms with Gasteiger partial charge >= 0.3 is 0 Å². The minimum absolute atomic E-state index is 0.0786. The average Bonchev–Trinajstić information content (AvgIpc) is 3.18. The Bertz CT molecular complexity index is 968. The number of hydrogen-bond acceptors (Lipinski definition) is 6. The summed E-state index contributed by atoms with van der Waals surface area (Å²) >= 11 is 1.51. The lowest BCUT2D eigenvalue weighted by Gasteiger charge is -2.06. The van der Waals surface area contributed by atoms with Gasteiger partial charge in [0.25, 0.3) is 11.6 Å². The number of nitrogens with zero attached hydrogens (tertiary/aromatic N) is 3. The quantitative estimate of drug-likeness (QED) is 0.536. The molecule has 1 aliphatic rings. The number of aromatic amines is 1. The van der Waals surface area contributed by atoms with Crippen LogP contribution in [0.2, 0.25) is 0 Å². The normalized spacial score (nSPS) is 14.5. The van der Waals surface area contributed by atoms with Gasteiger partial charge in [-0.05, 0) is 31.7 Å². The molecule has 2 aromatic heterocycles. The molecule has 8 nitrogen and oxygen atoms in total. The molecular weight excluding hydrogens is 354 g/mol. The van der Waals surface area contributed by atoms with E-state index in [2.05, 4.69) is 20.5 Å². The third-order valence-corrected chi connectivity index (χ3v) is 5.61. The number of aryl methyl sites for hydroxylation is 2. The van der Waals surface area contributed by atoms with Gasteiger partial charge in [-0.2, -0.15) is 5.10 Å². The second-order valence-corrected chi connectivity index (χ2v) is 7.40. The summed E-state index contributed by atoms with van der Waals surface area (Å²) in [5.41, 5.74) is 1.70. The predicted molar refractivity (Wildman–Crippen MR) is 98.7 cm³/mol. The fourth-order valence-electron chi connectivity index (χ4n) is 3.20. The van der Waals surface area contributed by atoms with Gasteiger partial charge in [-0.3, -0.25) is 25.3 Å². The number of benzene rings is 1. The zero-order valence-electron chi connectivity index (χ0n) is 13.9. The zero-order valence-corrected chi connectivity index (χ0v) is 14.8. The van der Waals surface area contributed by atoms with Crippen LogP contribution in [0.3, 0.4) is 0 Å². The van der Waals surface area contributed by atoms with Crippen molar-refractivity contribution < 1.29 is 9.72 Å². The molecule has 26 heavy (non-hydrogen) atoms. The monoisotopic (exact) mass is 371 g/mol. The number of nitrogens with one attached hydrogen (secondary N) is 2. The maximum Gasteiger partial charge on any atom is 0.278 e. The number of aromatic nitrogens is 3. The van der Waals surface area contributed by atoms with Crippen LogP contribution in [0.4, 0.5) is 10.8 Å². The maximum absolute atomic E-state index is 12.6. The Labute approximate surface area is 152 Å². The number of anilines is 1. The maximum atomic E-state index is 12.6. The van der Waals surface area contributed by atoms with Gasteiger partial charge in [0.15, 0.2) is 10.8 Å². The molecule has 2 heterocycles. The second-order valence-electron chi connectivity index (χ2n) is 6.32. The molecular formula is C17H17N5O3S. The van der Waals surface area contributed by atoms with E-state index in [0.717, 1.165) is 31.4 Å². The van der Waals surface area contributed by atoms with E-state index in [-0.39, 0.29) is 11.4 Å². The smallest absolute Gasteiger partial charge is 0.278 e. The van der Waals surface area contributed by atoms with Crippen molar-refractivity contribution in [2.75, 3.05) is 5.32 Å². The van der Waals surface area contributed by atoms with E-state index < -0.39 is 10.8 Å². The lowest BCUT2D eigenvalue weighted by molar-refractivity contribution is -0.384. The number of fused-ring (bicyclic) bond motifs is 2. The summed E-state index contributed by atoms with van der Waals surface area (Å²) in [6.07, 6.45) is 6.67. The summed E-state index contributed by atoms with van der Waals surface area (Å²) in [4.78, 5) is 28.9. The topological polar surface area (TPSA) is 114 Å². The molecule has 0 radical (unpaired) electrons. The Kier molecular flexibility index (Phi) is 4.37. The minimum atomic E-state index is -0.491. The number of nitro benzene ring substituents is 1. The first kappa shape index (κ1) is 16.6. The van der Waals surface area contributed by atoms with Gasteiger partial charge in [-0.15, -0.1) is 11.3 Å². The van der Waals surface area contributed by atoms with Crippen molar-refractivity contribution in [3.63, 3.8) is 0 Å². The fraction of sp³-hybridized carbons (Fsp3) is 0.353. The molecule has 0 aliphatic heterocycles. The Morgan fingerprint density at radius 3 is 2.85 bits per heavy atom. The van der Waals surface area contributed by atoms with Crippen LogP contribution in [0, 0.1) is 10.1 Å². The number of hydrogen-bond donors (Lipinski definition) is 2.